The maximum absolute atomic E-state index is 5.99. The Bertz CT molecular complexity index is 219. The summed E-state index contributed by atoms with van der Waals surface area (Å²) in [4.78, 5) is 0. The molecule has 0 aromatic heterocycles. The van der Waals surface area contributed by atoms with Gasteiger partial charge in [0.2, 0.25) is 0 Å². The lowest BCUT2D eigenvalue weighted by molar-refractivity contribution is -0.0930. The van der Waals surface area contributed by atoms with Crippen molar-refractivity contribution in [1.29, 1.82) is 0 Å². The quantitative estimate of drug-likeness (QED) is 0.620. The maximum Gasteiger partial charge on any atom is 0.0700 e. The van der Waals surface area contributed by atoms with Gasteiger partial charge in [0.25, 0.3) is 0 Å². The van der Waals surface area contributed by atoms with Crippen LogP contribution in [0.1, 0.15) is 46.0 Å². The molecule has 0 aromatic rings. The predicted octanol–water partition coefficient (Wildman–Crippen LogP) is 2.37. The third-order valence-corrected chi connectivity index (χ3v) is 4.11. The highest BCUT2D eigenvalue weighted by molar-refractivity contribution is 4.87. The monoisotopic (exact) mass is 273 g/mol. The fourth-order valence-corrected chi connectivity index (χ4v) is 2.67. The highest BCUT2D eigenvalue weighted by Crippen LogP contribution is 2.31. The highest BCUT2D eigenvalue weighted by atomic mass is 16.5. The lowest BCUT2D eigenvalue weighted by atomic mass is 9.86. The molecule has 19 heavy (non-hydrogen) atoms. The molecule has 1 saturated heterocycles. The number of methoxy groups -OCH3 is 1. The molecule has 0 saturated carbocycles. The van der Waals surface area contributed by atoms with E-state index >= 15 is 0 Å². The molecule has 1 aliphatic rings. The summed E-state index contributed by atoms with van der Waals surface area (Å²) < 4.78 is 16.4. The van der Waals surface area contributed by atoms with E-state index in [4.69, 9.17) is 14.2 Å². The summed E-state index contributed by atoms with van der Waals surface area (Å²) in [6.45, 7) is 8.58. The van der Waals surface area contributed by atoms with Gasteiger partial charge in [-0.15, -0.1) is 0 Å². The summed E-state index contributed by atoms with van der Waals surface area (Å²) >= 11 is 0. The summed E-state index contributed by atoms with van der Waals surface area (Å²) in [5.41, 5.74) is 0.116. The van der Waals surface area contributed by atoms with Gasteiger partial charge >= 0.3 is 0 Å². The first-order chi connectivity index (χ1) is 9.26. The molecule has 1 unspecified atom stereocenters. The van der Waals surface area contributed by atoms with Crippen molar-refractivity contribution in [2.24, 2.45) is 0 Å². The Morgan fingerprint density at radius 3 is 2.68 bits per heavy atom. The fraction of sp³-hybridized carbons (Fsp3) is 1.00. The van der Waals surface area contributed by atoms with Crippen molar-refractivity contribution < 1.29 is 14.2 Å². The number of ether oxygens (including phenoxy) is 3. The average molecular weight is 273 g/mol. The summed E-state index contributed by atoms with van der Waals surface area (Å²) in [6.07, 6.45) is 5.56. The Morgan fingerprint density at radius 1 is 1.21 bits per heavy atom. The van der Waals surface area contributed by atoms with Crippen LogP contribution in [0.15, 0.2) is 0 Å². The maximum atomic E-state index is 5.99. The minimum Gasteiger partial charge on any atom is -0.382 e. The second-order valence-corrected chi connectivity index (χ2v) is 5.34. The number of hydrogen-bond acceptors (Lipinski definition) is 4. The zero-order valence-electron chi connectivity index (χ0n) is 12.9. The SMILES string of the molecule is CCC1(CC)CC(NCCCOCCOC)CCO1. The van der Waals surface area contributed by atoms with Crippen LogP contribution in [0.2, 0.25) is 0 Å². The minimum atomic E-state index is 0.116. The molecule has 0 radical (unpaired) electrons. The van der Waals surface area contributed by atoms with Gasteiger partial charge in [-0.1, -0.05) is 13.8 Å². The first-order valence-corrected chi connectivity index (χ1v) is 7.70. The molecule has 1 fully saturated rings. The molecule has 1 rings (SSSR count). The van der Waals surface area contributed by atoms with Gasteiger partial charge in [0, 0.05) is 26.4 Å². The molecule has 1 N–H and O–H groups in total. The Morgan fingerprint density at radius 2 is 2.00 bits per heavy atom. The molecule has 1 atom stereocenters. The van der Waals surface area contributed by atoms with Gasteiger partial charge in [-0.05, 0) is 38.6 Å². The zero-order valence-corrected chi connectivity index (χ0v) is 12.9. The molecule has 4 nitrogen and oxygen atoms in total. The van der Waals surface area contributed by atoms with E-state index in [0.717, 1.165) is 51.9 Å². The Balaban J connectivity index is 2.09. The third kappa shape index (κ3) is 6.21. The second kappa shape index (κ2) is 9.70. The van der Waals surface area contributed by atoms with E-state index in [0.29, 0.717) is 19.3 Å². The lowest BCUT2D eigenvalue weighted by Crippen LogP contribution is -2.46. The summed E-state index contributed by atoms with van der Waals surface area (Å²) in [5.74, 6) is 0. The van der Waals surface area contributed by atoms with Crippen molar-refractivity contribution in [1.82, 2.24) is 5.32 Å². The van der Waals surface area contributed by atoms with Gasteiger partial charge < -0.3 is 19.5 Å². The largest absolute Gasteiger partial charge is 0.382 e. The molecule has 114 valence electrons. The minimum absolute atomic E-state index is 0.116. The topological polar surface area (TPSA) is 39.7 Å². The Labute approximate surface area is 118 Å². The van der Waals surface area contributed by atoms with Gasteiger partial charge in [-0.2, -0.15) is 0 Å². The van der Waals surface area contributed by atoms with Crippen LogP contribution < -0.4 is 5.32 Å². The molecular formula is C15H31NO3. The fourth-order valence-electron chi connectivity index (χ4n) is 2.67. The van der Waals surface area contributed by atoms with Gasteiger partial charge in [-0.3, -0.25) is 0 Å². The van der Waals surface area contributed by atoms with Crippen LogP contribution in [0.3, 0.4) is 0 Å². The van der Waals surface area contributed by atoms with E-state index in [9.17, 15) is 0 Å². The predicted molar refractivity (Wildman–Crippen MR) is 77.6 cm³/mol. The third-order valence-electron chi connectivity index (χ3n) is 4.11. The van der Waals surface area contributed by atoms with Crippen molar-refractivity contribution in [2.75, 3.05) is 40.1 Å². The highest BCUT2D eigenvalue weighted by Gasteiger charge is 2.33. The normalized spacial score (nSPS) is 22.6. The molecule has 0 spiro atoms. The van der Waals surface area contributed by atoms with Crippen LogP contribution >= 0.6 is 0 Å². The Hall–Kier alpha value is -0.160. The van der Waals surface area contributed by atoms with Crippen LogP contribution in [-0.2, 0) is 14.2 Å². The van der Waals surface area contributed by atoms with E-state index in [1.807, 2.05) is 0 Å². The second-order valence-electron chi connectivity index (χ2n) is 5.34. The average Bonchev–Trinajstić information content (AvgIpc) is 2.46. The smallest absolute Gasteiger partial charge is 0.0700 e. The number of rotatable bonds is 10. The van der Waals surface area contributed by atoms with Gasteiger partial charge in [-0.25, -0.2) is 0 Å². The van der Waals surface area contributed by atoms with E-state index < -0.39 is 0 Å². The lowest BCUT2D eigenvalue weighted by Gasteiger charge is -2.40. The first kappa shape index (κ1) is 16.9. The van der Waals surface area contributed by atoms with E-state index in [-0.39, 0.29) is 5.60 Å². The summed E-state index contributed by atoms with van der Waals surface area (Å²) in [6, 6.07) is 0.604. The molecular weight excluding hydrogens is 242 g/mol. The van der Waals surface area contributed by atoms with E-state index in [1.165, 1.54) is 0 Å². The van der Waals surface area contributed by atoms with E-state index in [2.05, 4.69) is 19.2 Å². The van der Waals surface area contributed by atoms with E-state index in [1.54, 1.807) is 7.11 Å². The zero-order chi connectivity index (χ0) is 14.0. The summed E-state index contributed by atoms with van der Waals surface area (Å²) in [5, 5.41) is 3.64. The molecule has 4 heteroatoms. The Kier molecular flexibility index (Phi) is 8.62. The van der Waals surface area contributed by atoms with Crippen LogP contribution in [0, 0.1) is 0 Å². The molecule has 0 aliphatic carbocycles. The molecule has 0 aromatic carbocycles. The standard InChI is InChI=1S/C15H31NO3/c1-4-15(5-2)13-14(7-10-19-15)16-8-6-9-18-12-11-17-3/h14,16H,4-13H2,1-3H3. The van der Waals surface area contributed by atoms with Crippen molar-refractivity contribution >= 4 is 0 Å². The van der Waals surface area contributed by atoms with Gasteiger partial charge in [0.15, 0.2) is 0 Å². The van der Waals surface area contributed by atoms with Crippen LogP contribution in [-0.4, -0.2) is 51.7 Å². The van der Waals surface area contributed by atoms with Crippen LogP contribution in [0.25, 0.3) is 0 Å². The van der Waals surface area contributed by atoms with Crippen LogP contribution in [0.4, 0.5) is 0 Å². The van der Waals surface area contributed by atoms with Gasteiger partial charge in [0.1, 0.15) is 0 Å². The summed E-state index contributed by atoms with van der Waals surface area (Å²) in [7, 11) is 1.70. The number of hydrogen-bond donors (Lipinski definition) is 1. The molecule has 1 aliphatic heterocycles. The molecule has 0 bridgehead atoms. The van der Waals surface area contributed by atoms with Crippen molar-refractivity contribution in [3.05, 3.63) is 0 Å². The first-order valence-electron chi connectivity index (χ1n) is 7.70. The molecule has 0 amide bonds. The van der Waals surface area contributed by atoms with Crippen molar-refractivity contribution in [3.8, 4) is 0 Å². The van der Waals surface area contributed by atoms with Crippen molar-refractivity contribution in [3.63, 3.8) is 0 Å². The van der Waals surface area contributed by atoms with Gasteiger partial charge in [0.05, 0.1) is 18.8 Å². The number of nitrogens with one attached hydrogen (secondary N) is 1. The molecule has 1 heterocycles. The van der Waals surface area contributed by atoms with Crippen LogP contribution in [0.5, 0.6) is 0 Å². The van der Waals surface area contributed by atoms with Crippen molar-refractivity contribution in [2.45, 2.75) is 57.6 Å².